The van der Waals surface area contributed by atoms with E-state index in [2.05, 4.69) is 0 Å². The third kappa shape index (κ3) is 4.45. The smallest absolute Gasteiger partial charge is 0.196 e. The van der Waals surface area contributed by atoms with Crippen molar-refractivity contribution >= 4 is 11.9 Å². The molecule has 0 rings (SSSR count). The van der Waals surface area contributed by atoms with E-state index in [4.69, 9.17) is 20.6 Å². The quantitative estimate of drug-likeness (QED) is 0.281. The molecule has 0 heterocycles. The van der Waals surface area contributed by atoms with E-state index < -0.39 is 0 Å². The van der Waals surface area contributed by atoms with E-state index in [0.29, 0.717) is 19.6 Å². The second-order valence-electron chi connectivity index (χ2n) is 2.58. The van der Waals surface area contributed by atoms with Gasteiger partial charge in [0, 0.05) is 0 Å². The largest absolute Gasteiger partial charge is 0.390 e. The minimum atomic E-state index is -0.0608. The minimum Gasteiger partial charge on any atom is -0.390 e. The van der Waals surface area contributed by atoms with Gasteiger partial charge in [0.05, 0.1) is 19.8 Å². The average Bonchev–Trinajstić information content (AvgIpc) is 2.06. The standard InChI is InChI=1S/C7H15N2O3S/c8-7-13-9(1-4-10,2-5-11)3-6-12/h10-12H,1-6H2/q+1. The molecule has 0 radical (unpaired) electrons. The third-order valence-electron chi connectivity index (χ3n) is 1.76. The Bertz CT molecular complexity index is 155. The molecule has 0 spiro atoms. The van der Waals surface area contributed by atoms with Crippen LogP contribution in [0.2, 0.25) is 0 Å². The number of aliphatic hydroxyl groups is 3. The van der Waals surface area contributed by atoms with Crippen molar-refractivity contribution in [3.63, 3.8) is 0 Å². The molecule has 13 heavy (non-hydrogen) atoms. The summed E-state index contributed by atoms with van der Waals surface area (Å²) in [6.07, 6.45) is 0. The van der Waals surface area contributed by atoms with Crippen LogP contribution >= 0.6 is 11.9 Å². The fourth-order valence-electron chi connectivity index (χ4n) is 1.11. The summed E-state index contributed by atoms with van der Waals surface area (Å²) in [5.41, 5.74) is 0. The van der Waals surface area contributed by atoms with Crippen LogP contribution in [0.25, 0.3) is 0 Å². The lowest BCUT2D eigenvalue weighted by Gasteiger charge is -2.31. The molecule has 0 saturated carbocycles. The van der Waals surface area contributed by atoms with Crippen LogP contribution in [-0.2, 0) is 0 Å². The molecule has 0 aliphatic carbocycles. The Kier molecular flexibility index (Phi) is 6.94. The molecule has 0 atom stereocenters. The molecule has 0 fully saturated rings. The fourth-order valence-corrected chi connectivity index (χ4v) is 1.80. The van der Waals surface area contributed by atoms with E-state index in [1.165, 1.54) is 0 Å². The maximum absolute atomic E-state index is 8.78. The molecule has 3 N–H and O–H groups in total. The third-order valence-corrected chi connectivity index (χ3v) is 2.77. The van der Waals surface area contributed by atoms with Crippen LogP contribution in [0.15, 0.2) is 0 Å². The molecule has 0 aromatic carbocycles. The highest BCUT2D eigenvalue weighted by Gasteiger charge is 2.28. The van der Waals surface area contributed by atoms with E-state index in [0.717, 1.165) is 11.9 Å². The SMILES string of the molecule is N#CS[N+](CCO)(CCO)CCO. The van der Waals surface area contributed by atoms with Gasteiger partial charge in [-0.3, -0.25) is 0 Å². The molecule has 6 heteroatoms. The van der Waals surface area contributed by atoms with E-state index in [-0.39, 0.29) is 23.7 Å². The topological polar surface area (TPSA) is 84.5 Å². The van der Waals surface area contributed by atoms with Gasteiger partial charge in [0.1, 0.15) is 19.6 Å². The number of nitrogens with zero attached hydrogens (tertiary/aromatic N) is 2. The van der Waals surface area contributed by atoms with E-state index >= 15 is 0 Å². The first-order valence-electron chi connectivity index (χ1n) is 4.01. The number of thiocyanates is 1. The molecule has 0 saturated heterocycles. The van der Waals surface area contributed by atoms with Gasteiger partial charge in [-0.25, -0.2) is 3.89 Å². The van der Waals surface area contributed by atoms with Crippen LogP contribution < -0.4 is 0 Å². The van der Waals surface area contributed by atoms with Gasteiger partial charge >= 0.3 is 0 Å². The first-order chi connectivity index (χ1) is 6.24. The average molecular weight is 207 g/mol. The number of quaternary nitrogens is 1. The van der Waals surface area contributed by atoms with E-state index in [9.17, 15) is 0 Å². The minimum absolute atomic E-state index is 0.0608. The molecule has 5 nitrogen and oxygen atoms in total. The summed E-state index contributed by atoms with van der Waals surface area (Å²) in [4.78, 5) is 0. The van der Waals surface area contributed by atoms with Crippen molar-refractivity contribution in [3.8, 4) is 5.40 Å². The van der Waals surface area contributed by atoms with Crippen LogP contribution in [0.5, 0.6) is 0 Å². The van der Waals surface area contributed by atoms with Gasteiger partial charge in [0.15, 0.2) is 17.3 Å². The van der Waals surface area contributed by atoms with Gasteiger partial charge in [-0.15, -0.1) is 0 Å². The van der Waals surface area contributed by atoms with Crippen LogP contribution in [0.3, 0.4) is 0 Å². The van der Waals surface area contributed by atoms with Crippen molar-refractivity contribution in [2.75, 3.05) is 39.5 Å². The Morgan fingerprint density at radius 3 is 1.62 bits per heavy atom. The lowest BCUT2D eigenvalue weighted by molar-refractivity contribution is -0.796. The number of nitriles is 1. The second-order valence-corrected chi connectivity index (χ2v) is 3.72. The monoisotopic (exact) mass is 207 g/mol. The maximum Gasteiger partial charge on any atom is 0.196 e. The lowest BCUT2D eigenvalue weighted by atomic mass is 10.4. The normalized spacial score (nSPS) is 11.2. The second kappa shape index (κ2) is 7.12. The van der Waals surface area contributed by atoms with Crippen molar-refractivity contribution in [1.82, 2.24) is 0 Å². The van der Waals surface area contributed by atoms with Crippen LogP contribution in [0, 0.1) is 10.7 Å². The highest BCUT2D eigenvalue weighted by atomic mass is 32.2. The van der Waals surface area contributed by atoms with E-state index in [1.807, 2.05) is 5.40 Å². The summed E-state index contributed by atoms with van der Waals surface area (Å²) in [5, 5.41) is 36.8. The van der Waals surface area contributed by atoms with Gasteiger partial charge in [-0.1, -0.05) is 0 Å². The van der Waals surface area contributed by atoms with Crippen LogP contribution in [0.4, 0.5) is 0 Å². The molecule has 0 aromatic rings. The van der Waals surface area contributed by atoms with E-state index in [1.54, 1.807) is 0 Å². The molecular formula is C7H15N2O3S+. The molecular weight excluding hydrogens is 192 g/mol. The number of rotatable bonds is 7. The molecule has 0 bridgehead atoms. The lowest BCUT2D eigenvalue weighted by Crippen LogP contribution is -2.47. The zero-order valence-electron chi connectivity index (χ0n) is 7.39. The Balaban J connectivity index is 4.29. The van der Waals surface area contributed by atoms with Gasteiger partial charge in [0.25, 0.3) is 0 Å². The Labute approximate surface area is 81.9 Å². The Hall–Kier alpha value is -0.320. The summed E-state index contributed by atoms with van der Waals surface area (Å²) in [7, 11) is 0. The van der Waals surface area contributed by atoms with Crippen molar-refractivity contribution in [1.29, 1.82) is 5.26 Å². The fraction of sp³-hybridized carbons (Fsp3) is 0.857. The Morgan fingerprint density at radius 2 is 1.38 bits per heavy atom. The highest BCUT2D eigenvalue weighted by molar-refractivity contribution is 7.98. The molecule has 0 amide bonds. The van der Waals surface area contributed by atoms with Gasteiger partial charge in [-0.05, 0) is 0 Å². The molecule has 76 valence electrons. The zero-order chi connectivity index (χ0) is 10.2. The summed E-state index contributed by atoms with van der Waals surface area (Å²) < 4.78 is 0.181. The number of aliphatic hydroxyl groups excluding tert-OH is 3. The van der Waals surface area contributed by atoms with Crippen molar-refractivity contribution in [2.24, 2.45) is 0 Å². The molecule has 0 aliphatic heterocycles. The van der Waals surface area contributed by atoms with Crippen molar-refractivity contribution < 1.29 is 19.2 Å². The number of hydrogen-bond acceptors (Lipinski definition) is 5. The summed E-state index contributed by atoms with van der Waals surface area (Å²) in [6, 6.07) is 0. The predicted molar refractivity (Wildman–Crippen MR) is 49.3 cm³/mol. The summed E-state index contributed by atoms with van der Waals surface area (Å²) in [6.45, 7) is 0.899. The van der Waals surface area contributed by atoms with Gasteiger partial charge in [-0.2, -0.15) is 5.26 Å². The predicted octanol–water partition coefficient (Wildman–Crippen LogP) is -1.09. The van der Waals surface area contributed by atoms with Crippen LogP contribution in [0.1, 0.15) is 0 Å². The molecule has 0 aromatic heterocycles. The van der Waals surface area contributed by atoms with Crippen LogP contribution in [-0.4, -0.2) is 58.7 Å². The molecule has 0 aliphatic rings. The van der Waals surface area contributed by atoms with Gasteiger partial charge < -0.3 is 15.3 Å². The van der Waals surface area contributed by atoms with Crippen molar-refractivity contribution in [2.45, 2.75) is 0 Å². The van der Waals surface area contributed by atoms with Crippen molar-refractivity contribution in [3.05, 3.63) is 0 Å². The first-order valence-corrected chi connectivity index (χ1v) is 4.78. The highest BCUT2D eigenvalue weighted by Crippen LogP contribution is 2.20. The first kappa shape index (κ1) is 12.7. The zero-order valence-corrected chi connectivity index (χ0v) is 8.20. The summed E-state index contributed by atoms with van der Waals surface area (Å²) >= 11 is 0.961. The Morgan fingerprint density at radius 1 is 1.00 bits per heavy atom. The maximum atomic E-state index is 8.78. The number of hydrogen-bond donors (Lipinski definition) is 3. The summed E-state index contributed by atoms with van der Waals surface area (Å²) in [5.74, 6) is 0. The van der Waals surface area contributed by atoms with Gasteiger partial charge in [0.2, 0.25) is 0 Å². The molecule has 0 unspecified atom stereocenters.